The van der Waals surface area contributed by atoms with Gasteiger partial charge in [0, 0.05) is 19.1 Å². The summed E-state index contributed by atoms with van der Waals surface area (Å²) in [6.45, 7) is 7.52. The molecule has 0 radical (unpaired) electrons. The molecule has 0 aromatic carbocycles. The van der Waals surface area contributed by atoms with E-state index in [-0.39, 0.29) is 18.4 Å². The Morgan fingerprint density at radius 2 is 1.83 bits per heavy atom. The molecule has 1 aliphatic rings. The van der Waals surface area contributed by atoms with E-state index in [0.717, 1.165) is 31.1 Å². The van der Waals surface area contributed by atoms with Gasteiger partial charge in [0.25, 0.3) is 0 Å². The van der Waals surface area contributed by atoms with Crippen LogP contribution in [0.4, 0.5) is 0 Å². The van der Waals surface area contributed by atoms with Crippen LogP contribution in [0, 0.1) is 23.7 Å². The number of amides is 1. The second-order valence-electron chi connectivity index (χ2n) is 6.22. The van der Waals surface area contributed by atoms with Crippen LogP contribution in [0.15, 0.2) is 0 Å². The Bertz CT molecular complexity index is 245. The first kappa shape index (κ1) is 15.5. The normalized spacial score (nSPS) is 26.1. The highest BCUT2D eigenvalue weighted by molar-refractivity contribution is 5.78. The zero-order chi connectivity index (χ0) is 13.5. The summed E-state index contributed by atoms with van der Waals surface area (Å²) < 4.78 is 0. The molecule has 0 bridgehead atoms. The minimum atomic E-state index is 0.205. The number of carbonyl (C=O) groups is 1. The maximum absolute atomic E-state index is 12.0. The molecule has 1 saturated carbocycles. The van der Waals surface area contributed by atoms with Crippen molar-refractivity contribution in [3.05, 3.63) is 0 Å². The number of nitrogens with one attached hydrogen (secondary N) is 1. The van der Waals surface area contributed by atoms with Gasteiger partial charge in [0.2, 0.25) is 5.91 Å². The highest BCUT2D eigenvalue weighted by atomic mass is 16.3. The smallest absolute Gasteiger partial charge is 0.223 e. The fraction of sp³-hybridized carbons (Fsp3) is 0.933. The zero-order valence-corrected chi connectivity index (χ0v) is 12.1. The van der Waals surface area contributed by atoms with E-state index in [9.17, 15) is 4.79 Å². The first-order valence-corrected chi connectivity index (χ1v) is 7.43. The number of aliphatic hydroxyl groups is 1. The monoisotopic (exact) mass is 255 g/mol. The Hall–Kier alpha value is -0.570. The minimum Gasteiger partial charge on any atom is -0.396 e. The summed E-state index contributed by atoms with van der Waals surface area (Å²) in [5.74, 6) is 2.37. The third-order valence-electron chi connectivity index (χ3n) is 4.33. The van der Waals surface area contributed by atoms with E-state index in [1.165, 1.54) is 12.8 Å². The lowest BCUT2D eigenvalue weighted by atomic mass is 9.76. The number of aliphatic hydroxyl groups excluding tert-OH is 1. The van der Waals surface area contributed by atoms with Crippen LogP contribution in [0.25, 0.3) is 0 Å². The van der Waals surface area contributed by atoms with Crippen molar-refractivity contribution in [1.29, 1.82) is 0 Å². The quantitative estimate of drug-likeness (QED) is 0.766. The highest BCUT2D eigenvalue weighted by Gasteiger charge is 2.27. The summed E-state index contributed by atoms with van der Waals surface area (Å²) in [4.78, 5) is 12.0. The topological polar surface area (TPSA) is 49.3 Å². The van der Waals surface area contributed by atoms with Gasteiger partial charge < -0.3 is 10.4 Å². The summed E-state index contributed by atoms with van der Waals surface area (Å²) >= 11 is 0. The lowest BCUT2D eigenvalue weighted by Crippen LogP contribution is -2.36. The highest BCUT2D eigenvalue weighted by Crippen LogP contribution is 2.33. The van der Waals surface area contributed by atoms with Crippen molar-refractivity contribution in [2.75, 3.05) is 13.2 Å². The van der Waals surface area contributed by atoms with E-state index >= 15 is 0 Å². The second-order valence-corrected chi connectivity index (χ2v) is 6.22. The number of rotatable bonds is 6. The van der Waals surface area contributed by atoms with Crippen LogP contribution in [-0.2, 0) is 4.79 Å². The summed E-state index contributed by atoms with van der Waals surface area (Å²) in [5, 5.41) is 11.9. The van der Waals surface area contributed by atoms with E-state index in [4.69, 9.17) is 5.11 Å². The van der Waals surface area contributed by atoms with Gasteiger partial charge in [-0.05, 0) is 49.9 Å². The van der Waals surface area contributed by atoms with Crippen LogP contribution in [0.5, 0.6) is 0 Å². The average Bonchev–Trinajstić information content (AvgIpc) is 2.36. The molecule has 1 unspecified atom stereocenters. The Balaban J connectivity index is 2.23. The van der Waals surface area contributed by atoms with Crippen molar-refractivity contribution in [3.63, 3.8) is 0 Å². The van der Waals surface area contributed by atoms with Crippen LogP contribution in [-0.4, -0.2) is 24.2 Å². The van der Waals surface area contributed by atoms with Crippen molar-refractivity contribution < 1.29 is 9.90 Å². The van der Waals surface area contributed by atoms with Crippen molar-refractivity contribution in [3.8, 4) is 0 Å². The third-order valence-corrected chi connectivity index (χ3v) is 4.33. The Morgan fingerprint density at radius 3 is 2.33 bits per heavy atom. The molecule has 0 aromatic rings. The van der Waals surface area contributed by atoms with Crippen LogP contribution >= 0.6 is 0 Å². The molecule has 0 heterocycles. The molecule has 1 fully saturated rings. The maximum atomic E-state index is 12.0. The molecule has 0 saturated heterocycles. The van der Waals surface area contributed by atoms with E-state index in [1.54, 1.807) is 0 Å². The fourth-order valence-electron chi connectivity index (χ4n) is 2.79. The number of hydrogen-bond acceptors (Lipinski definition) is 2. The molecule has 3 heteroatoms. The molecule has 1 amide bonds. The van der Waals surface area contributed by atoms with Crippen molar-refractivity contribution >= 4 is 5.91 Å². The molecule has 0 aliphatic heterocycles. The van der Waals surface area contributed by atoms with Gasteiger partial charge >= 0.3 is 0 Å². The molecule has 2 N–H and O–H groups in total. The van der Waals surface area contributed by atoms with Gasteiger partial charge in [0.1, 0.15) is 0 Å². The van der Waals surface area contributed by atoms with E-state index in [0.29, 0.717) is 12.5 Å². The van der Waals surface area contributed by atoms with Crippen LogP contribution in [0.1, 0.15) is 52.9 Å². The summed E-state index contributed by atoms with van der Waals surface area (Å²) in [7, 11) is 0. The second kappa shape index (κ2) is 7.78. The Labute approximate surface area is 111 Å². The first-order valence-electron chi connectivity index (χ1n) is 7.43. The molecule has 1 atom stereocenters. The molecule has 3 nitrogen and oxygen atoms in total. The van der Waals surface area contributed by atoms with Crippen LogP contribution in [0.2, 0.25) is 0 Å². The summed E-state index contributed by atoms with van der Waals surface area (Å²) in [6, 6.07) is 0. The SMILES string of the molecule is CC(CCO)CNC(=O)C1CCC(C(C)C)CC1. The lowest BCUT2D eigenvalue weighted by Gasteiger charge is -2.30. The van der Waals surface area contributed by atoms with E-state index < -0.39 is 0 Å². The predicted octanol–water partition coefficient (Wildman–Crippen LogP) is 2.58. The molecule has 106 valence electrons. The van der Waals surface area contributed by atoms with Gasteiger partial charge in [-0.25, -0.2) is 0 Å². The predicted molar refractivity (Wildman–Crippen MR) is 74.2 cm³/mol. The van der Waals surface area contributed by atoms with E-state index in [2.05, 4.69) is 26.1 Å². The lowest BCUT2D eigenvalue weighted by molar-refractivity contribution is -0.126. The molecule has 0 aromatic heterocycles. The standard InChI is InChI=1S/C15H29NO2/c1-11(2)13-4-6-14(7-5-13)15(18)16-10-12(3)8-9-17/h11-14,17H,4-10H2,1-3H3,(H,16,18). The van der Waals surface area contributed by atoms with Gasteiger partial charge in [0.05, 0.1) is 0 Å². The number of hydrogen-bond donors (Lipinski definition) is 2. The van der Waals surface area contributed by atoms with Gasteiger partial charge in [-0.3, -0.25) is 4.79 Å². The number of carbonyl (C=O) groups excluding carboxylic acids is 1. The Morgan fingerprint density at radius 1 is 1.22 bits per heavy atom. The molecular weight excluding hydrogens is 226 g/mol. The van der Waals surface area contributed by atoms with Gasteiger partial charge in [-0.15, -0.1) is 0 Å². The molecule has 1 aliphatic carbocycles. The largest absolute Gasteiger partial charge is 0.396 e. The van der Waals surface area contributed by atoms with Gasteiger partial charge in [-0.2, -0.15) is 0 Å². The summed E-state index contributed by atoms with van der Waals surface area (Å²) in [5.41, 5.74) is 0. The van der Waals surface area contributed by atoms with Crippen LogP contribution < -0.4 is 5.32 Å². The van der Waals surface area contributed by atoms with E-state index in [1.807, 2.05) is 0 Å². The maximum Gasteiger partial charge on any atom is 0.223 e. The molecule has 1 rings (SSSR count). The summed E-state index contributed by atoms with van der Waals surface area (Å²) in [6.07, 6.45) is 5.25. The van der Waals surface area contributed by atoms with Gasteiger partial charge in [-0.1, -0.05) is 20.8 Å². The first-order chi connectivity index (χ1) is 8.54. The zero-order valence-electron chi connectivity index (χ0n) is 12.1. The average molecular weight is 255 g/mol. The fourth-order valence-corrected chi connectivity index (χ4v) is 2.79. The molecular formula is C15H29NO2. The van der Waals surface area contributed by atoms with Crippen molar-refractivity contribution in [1.82, 2.24) is 5.32 Å². The van der Waals surface area contributed by atoms with Crippen molar-refractivity contribution in [2.45, 2.75) is 52.9 Å². The van der Waals surface area contributed by atoms with Crippen LogP contribution in [0.3, 0.4) is 0 Å². The van der Waals surface area contributed by atoms with Crippen molar-refractivity contribution in [2.24, 2.45) is 23.7 Å². The van der Waals surface area contributed by atoms with Gasteiger partial charge in [0.15, 0.2) is 0 Å². The Kier molecular flexibility index (Phi) is 6.69. The molecule has 0 spiro atoms. The third kappa shape index (κ3) is 4.97. The molecule has 18 heavy (non-hydrogen) atoms. The minimum absolute atomic E-state index is 0.205.